The summed E-state index contributed by atoms with van der Waals surface area (Å²) in [5, 5.41) is 10.9. The smallest absolute Gasteiger partial charge is 0.261 e. The maximum Gasteiger partial charge on any atom is 0.261 e. The van der Waals surface area contributed by atoms with Gasteiger partial charge in [-0.05, 0) is 68.9 Å². The van der Waals surface area contributed by atoms with Crippen molar-refractivity contribution in [1.82, 2.24) is 9.80 Å². The monoisotopic (exact) mass is 633 g/mol. The van der Waals surface area contributed by atoms with Gasteiger partial charge in [-0.1, -0.05) is 53.9 Å². The summed E-state index contributed by atoms with van der Waals surface area (Å²) in [5.74, 6) is 0.265. The fourth-order valence-electron chi connectivity index (χ4n) is 4.96. The standard InChI is InChI=1S/C31H37Cl2N3O5S/c1-20-5-9-26(10-6-20)42(39,40)34-25-8-12-29-24(14-25)15-31(38)36(22(3)19-37)16-21(2)30(41-29)18-35(4)17-23-7-11-27(32)28(33)13-23/h5-14,21-22,30,34,37H,15-19H2,1-4H3/t21-,22-,30-/m1/s1. The summed E-state index contributed by atoms with van der Waals surface area (Å²) < 4.78 is 35.3. The summed E-state index contributed by atoms with van der Waals surface area (Å²) in [7, 11) is -1.86. The van der Waals surface area contributed by atoms with Gasteiger partial charge in [0.2, 0.25) is 5.91 Å². The van der Waals surface area contributed by atoms with Gasteiger partial charge in [0.1, 0.15) is 11.9 Å². The number of carbonyl (C=O) groups is 1. The maximum absolute atomic E-state index is 13.5. The molecule has 0 fully saturated rings. The third-order valence-electron chi connectivity index (χ3n) is 7.43. The first-order chi connectivity index (χ1) is 19.9. The molecule has 2 N–H and O–H groups in total. The molecule has 8 nitrogen and oxygen atoms in total. The van der Waals surface area contributed by atoms with Crippen LogP contribution in [0.2, 0.25) is 10.0 Å². The van der Waals surface area contributed by atoms with Crippen LogP contribution in [0.5, 0.6) is 5.75 Å². The number of amides is 1. The van der Waals surface area contributed by atoms with E-state index in [1.165, 1.54) is 0 Å². The van der Waals surface area contributed by atoms with E-state index in [2.05, 4.69) is 9.62 Å². The second-order valence-corrected chi connectivity index (χ2v) is 13.6. The zero-order valence-corrected chi connectivity index (χ0v) is 26.5. The number of rotatable bonds is 9. The number of hydrogen-bond donors (Lipinski definition) is 2. The number of ether oxygens (including phenoxy) is 1. The SMILES string of the molecule is Cc1ccc(S(=O)(=O)Nc2ccc3c(c2)CC(=O)N([C@H](C)CO)C[C@@H](C)[C@@H](CN(C)Cc2ccc(Cl)c(Cl)c2)O3)cc1. The van der Waals surface area contributed by atoms with E-state index in [0.29, 0.717) is 46.7 Å². The van der Waals surface area contributed by atoms with Crippen LogP contribution in [0.25, 0.3) is 0 Å². The number of anilines is 1. The lowest BCUT2D eigenvalue weighted by Gasteiger charge is -2.34. The molecule has 0 saturated heterocycles. The van der Waals surface area contributed by atoms with Gasteiger partial charge in [0, 0.05) is 36.8 Å². The van der Waals surface area contributed by atoms with Crippen LogP contribution in [0.3, 0.4) is 0 Å². The van der Waals surface area contributed by atoms with E-state index in [0.717, 1.165) is 11.1 Å². The van der Waals surface area contributed by atoms with E-state index in [4.69, 9.17) is 27.9 Å². The van der Waals surface area contributed by atoms with Crippen LogP contribution < -0.4 is 9.46 Å². The first-order valence-electron chi connectivity index (χ1n) is 13.8. The first kappa shape index (κ1) is 32.1. The molecule has 11 heteroatoms. The van der Waals surface area contributed by atoms with Crippen LogP contribution in [0.15, 0.2) is 65.6 Å². The number of likely N-dealkylation sites (N-methyl/N-ethyl adjacent to an activating group) is 1. The van der Waals surface area contributed by atoms with Crippen molar-refractivity contribution in [2.75, 3.05) is 31.5 Å². The number of halogens is 2. The van der Waals surface area contributed by atoms with Gasteiger partial charge in [-0.2, -0.15) is 0 Å². The Kier molecular flexibility index (Phi) is 10.4. The average Bonchev–Trinajstić information content (AvgIpc) is 2.98. The molecule has 42 heavy (non-hydrogen) atoms. The number of benzene rings is 3. The Morgan fingerprint density at radius 2 is 1.81 bits per heavy atom. The van der Waals surface area contributed by atoms with Crippen molar-refractivity contribution in [2.24, 2.45) is 5.92 Å². The van der Waals surface area contributed by atoms with E-state index in [-0.39, 0.29) is 41.9 Å². The average molecular weight is 635 g/mol. The van der Waals surface area contributed by atoms with Crippen molar-refractivity contribution in [3.63, 3.8) is 0 Å². The Labute approximate surface area is 258 Å². The second kappa shape index (κ2) is 13.7. The van der Waals surface area contributed by atoms with Gasteiger partial charge in [-0.25, -0.2) is 8.42 Å². The Morgan fingerprint density at radius 1 is 1.10 bits per heavy atom. The maximum atomic E-state index is 13.5. The van der Waals surface area contributed by atoms with Crippen LogP contribution in [0, 0.1) is 12.8 Å². The van der Waals surface area contributed by atoms with Crippen LogP contribution in [-0.4, -0.2) is 68.1 Å². The van der Waals surface area contributed by atoms with E-state index >= 15 is 0 Å². The number of nitrogens with one attached hydrogen (secondary N) is 1. The fourth-order valence-corrected chi connectivity index (χ4v) is 6.33. The van der Waals surface area contributed by atoms with Crippen molar-refractivity contribution in [3.05, 3.63) is 87.4 Å². The van der Waals surface area contributed by atoms with Gasteiger partial charge in [-0.15, -0.1) is 0 Å². The quantitative estimate of drug-likeness (QED) is 0.328. The molecular formula is C31H37Cl2N3O5S. The Morgan fingerprint density at radius 3 is 2.48 bits per heavy atom. The molecule has 1 aliphatic rings. The van der Waals surface area contributed by atoms with Gasteiger partial charge in [0.05, 0.1) is 34.0 Å². The molecule has 226 valence electrons. The van der Waals surface area contributed by atoms with Crippen molar-refractivity contribution in [3.8, 4) is 5.75 Å². The molecule has 1 aliphatic heterocycles. The van der Waals surface area contributed by atoms with Crippen molar-refractivity contribution >= 4 is 44.8 Å². The molecule has 4 rings (SSSR count). The third-order valence-corrected chi connectivity index (χ3v) is 9.56. The van der Waals surface area contributed by atoms with Gasteiger partial charge in [-0.3, -0.25) is 14.4 Å². The van der Waals surface area contributed by atoms with Gasteiger partial charge in [0.15, 0.2) is 0 Å². The van der Waals surface area contributed by atoms with E-state index in [9.17, 15) is 18.3 Å². The highest BCUT2D eigenvalue weighted by atomic mass is 35.5. The summed E-state index contributed by atoms with van der Waals surface area (Å²) in [6.07, 6.45) is -0.316. The molecule has 0 unspecified atom stereocenters. The zero-order valence-electron chi connectivity index (χ0n) is 24.2. The molecule has 0 spiro atoms. The van der Waals surface area contributed by atoms with Crippen LogP contribution in [-0.2, 0) is 27.8 Å². The molecule has 0 aliphatic carbocycles. The van der Waals surface area contributed by atoms with Crippen molar-refractivity contribution in [2.45, 2.75) is 50.8 Å². The summed E-state index contributed by atoms with van der Waals surface area (Å²) in [4.78, 5) is 17.4. The number of nitrogens with zero attached hydrogens (tertiary/aromatic N) is 2. The topological polar surface area (TPSA) is 99.2 Å². The molecule has 3 aromatic rings. The Bertz CT molecular complexity index is 1520. The summed E-state index contributed by atoms with van der Waals surface area (Å²) >= 11 is 12.3. The van der Waals surface area contributed by atoms with Gasteiger partial charge in [0.25, 0.3) is 10.0 Å². The molecule has 0 aromatic heterocycles. The van der Waals surface area contributed by atoms with Crippen molar-refractivity contribution in [1.29, 1.82) is 0 Å². The number of sulfonamides is 1. The van der Waals surface area contributed by atoms with E-state index < -0.39 is 10.0 Å². The number of aliphatic hydroxyl groups excluding tert-OH is 1. The minimum absolute atomic E-state index is 0.00166. The van der Waals surface area contributed by atoms with Crippen molar-refractivity contribution < 1.29 is 23.1 Å². The highest BCUT2D eigenvalue weighted by molar-refractivity contribution is 7.92. The summed E-state index contributed by atoms with van der Waals surface area (Å²) in [6.45, 7) is 7.08. The zero-order chi connectivity index (χ0) is 30.6. The minimum Gasteiger partial charge on any atom is -0.488 e. The van der Waals surface area contributed by atoms with E-state index in [1.807, 2.05) is 40.0 Å². The normalized spacial score (nSPS) is 18.5. The Hall–Kier alpha value is -2.82. The summed E-state index contributed by atoms with van der Waals surface area (Å²) in [6, 6.07) is 16.7. The highest BCUT2D eigenvalue weighted by Crippen LogP contribution is 2.30. The molecule has 3 aromatic carbocycles. The minimum atomic E-state index is -3.84. The Balaban J connectivity index is 1.62. The molecular weight excluding hydrogens is 597 g/mol. The largest absolute Gasteiger partial charge is 0.488 e. The second-order valence-electron chi connectivity index (χ2n) is 11.1. The molecule has 1 amide bonds. The molecule has 0 bridgehead atoms. The fraction of sp³-hybridized carbons (Fsp3) is 0.387. The van der Waals surface area contributed by atoms with Crippen LogP contribution >= 0.6 is 23.2 Å². The molecule has 0 saturated carbocycles. The predicted octanol–water partition coefficient (Wildman–Crippen LogP) is 5.38. The number of aliphatic hydroxyl groups is 1. The summed E-state index contributed by atoms with van der Waals surface area (Å²) in [5.41, 5.74) is 2.84. The lowest BCUT2D eigenvalue weighted by atomic mass is 10.0. The number of fused-ring (bicyclic) bond motifs is 1. The molecule has 3 atom stereocenters. The highest BCUT2D eigenvalue weighted by Gasteiger charge is 2.31. The first-order valence-corrected chi connectivity index (χ1v) is 16.0. The van der Waals surface area contributed by atoms with Gasteiger partial charge >= 0.3 is 0 Å². The number of aryl methyl sites for hydroxylation is 1. The van der Waals surface area contributed by atoms with Gasteiger partial charge < -0.3 is 14.7 Å². The lowest BCUT2D eigenvalue weighted by Crippen LogP contribution is -2.47. The molecule has 0 radical (unpaired) electrons. The molecule has 1 heterocycles. The number of hydrogen-bond acceptors (Lipinski definition) is 6. The van der Waals surface area contributed by atoms with Crippen LogP contribution in [0.4, 0.5) is 5.69 Å². The lowest BCUT2D eigenvalue weighted by molar-refractivity contribution is -0.134. The third kappa shape index (κ3) is 7.96. The van der Waals surface area contributed by atoms with Crippen LogP contribution in [0.1, 0.15) is 30.5 Å². The predicted molar refractivity (Wildman–Crippen MR) is 167 cm³/mol. The number of carbonyl (C=O) groups excluding carboxylic acids is 1. The van der Waals surface area contributed by atoms with E-state index in [1.54, 1.807) is 53.4 Å².